The van der Waals surface area contributed by atoms with E-state index in [4.69, 9.17) is 4.98 Å². The number of hydrogen-bond donors (Lipinski definition) is 1. The second-order valence-corrected chi connectivity index (χ2v) is 7.54. The van der Waals surface area contributed by atoms with E-state index >= 15 is 0 Å². The summed E-state index contributed by atoms with van der Waals surface area (Å²) < 4.78 is 0. The summed E-state index contributed by atoms with van der Waals surface area (Å²) in [6, 6.07) is 4.08. The maximum Gasteiger partial charge on any atom is 0.242 e. The number of piperazine rings is 1. The van der Waals surface area contributed by atoms with Crippen molar-refractivity contribution in [2.75, 3.05) is 44.2 Å². The first kappa shape index (κ1) is 20.1. The fourth-order valence-corrected chi connectivity index (χ4v) is 3.98. The van der Waals surface area contributed by atoms with Crippen molar-refractivity contribution < 1.29 is 14.4 Å². The third-order valence-electron chi connectivity index (χ3n) is 5.45. The van der Waals surface area contributed by atoms with Gasteiger partial charge in [0.1, 0.15) is 0 Å². The molecule has 2 aliphatic heterocycles. The Morgan fingerprint density at radius 3 is 2.46 bits per heavy atom. The fourth-order valence-electron chi connectivity index (χ4n) is 3.98. The second-order valence-electron chi connectivity index (χ2n) is 7.54. The van der Waals surface area contributed by atoms with Crippen LogP contribution in [0.3, 0.4) is 0 Å². The predicted octanol–water partition coefficient (Wildman–Crippen LogP) is 0.858. The summed E-state index contributed by atoms with van der Waals surface area (Å²) in [6.07, 6.45) is 1.80. The highest BCUT2D eigenvalue weighted by molar-refractivity contribution is 5.84. The minimum atomic E-state index is -0.204. The highest BCUT2D eigenvalue weighted by Crippen LogP contribution is 2.33. The van der Waals surface area contributed by atoms with Gasteiger partial charge in [-0.3, -0.25) is 19.4 Å². The number of hydrogen-bond acceptors (Lipinski definition) is 5. The molecule has 0 saturated carbocycles. The van der Waals surface area contributed by atoms with E-state index in [9.17, 15) is 14.4 Å². The van der Waals surface area contributed by atoms with Crippen LogP contribution in [0.15, 0.2) is 12.1 Å². The summed E-state index contributed by atoms with van der Waals surface area (Å²) >= 11 is 0. The fraction of sp³-hybridized carbons (Fsp3) is 0.600. The van der Waals surface area contributed by atoms with Gasteiger partial charge < -0.3 is 20.0 Å². The van der Waals surface area contributed by atoms with Crippen molar-refractivity contribution in [3.63, 3.8) is 0 Å². The minimum Gasteiger partial charge on any atom is -0.368 e. The second kappa shape index (κ2) is 8.58. The normalized spacial score (nSPS) is 19.7. The number of aromatic nitrogens is 1. The molecule has 2 aliphatic rings. The Bertz CT molecular complexity index is 758. The number of carbonyl (C=O) groups is 3. The number of anilines is 1. The van der Waals surface area contributed by atoms with Crippen molar-refractivity contribution in [1.29, 1.82) is 0 Å². The third-order valence-corrected chi connectivity index (χ3v) is 5.45. The monoisotopic (exact) mass is 387 g/mol. The van der Waals surface area contributed by atoms with Crippen LogP contribution >= 0.6 is 0 Å². The highest BCUT2D eigenvalue weighted by Gasteiger charge is 2.31. The minimum absolute atomic E-state index is 0.0253. The lowest BCUT2D eigenvalue weighted by Crippen LogP contribution is -2.48. The first-order chi connectivity index (χ1) is 13.3. The summed E-state index contributed by atoms with van der Waals surface area (Å²) in [4.78, 5) is 45.9. The van der Waals surface area contributed by atoms with Crippen molar-refractivity contribution in [2.45, 2.75) is 39.7 Å². The molecule has 0 radical (unpaired) electrons. The largest absolute Gasteiger partial charge is 0.368 e. The van der Waals surface area contributed by atoms with Crippen LogP contribution < -0.4 is 10.2 Å². The van der Waals surface area contributed by atoms with Crippen molar-refractivity contribution >= 4 is 23.4 Å². The average Bonchev–Trinajstić information content (AvgIpc) is 3.15. The molecule has 2 fully saturated rings. The molecule has 3 amide bonds. The third kappa shape index (κ3) is 4.61. The summed E-state index contributed by atoms with van der Waals surface area (Å²) in [7, 11) is 0. The van der Waals surface area contributed by atoms with Gasteiger partial charge in [0.15, 0.2) is 0 Å². The van der Waals surface area contributed by atoms with E-state index in [0.29, 0.717) is 6.54 Å². The number of carbonyl (C=O) groups excluding carboxylic acids is 3. The topological polar surface area (TPSA) is 85.9 Å². The van der Waals surface area contributed by atoms with Gasteiger partial charge in [0.05, 0.1) is 18.3 Å². The van der Waals surface area contributed by atoms with E-state index in [1.165, 1.54) is 6.92 Å². The number of pyridine rings is 1. The molecule has 1 aromatic heterocycles. The lowest BCUT2D eigenvalue weighted by molar-refractivity contribution is -0.133. The van der Waals surface area contributed by atoms with E-state index in [-0.39, 0.29) is 30.3 Å². The molecule has 0 aromatic carbocycles. The Morgan fingerprint density at radius 2 is 1.82 bits per heavy atom. The van der Waals surface area contributed by atoms with Crippen molar-refractivity contribution in [1.82, 2.24) is 20.1 Å². The van der Waals surface area contributed by atoms with Crippen LogP contribution in [0, 0.1) is 6.92 Å². The van der Waals surface area contributed by atoms with Crippen LogP contribution in [0.2, 0.25) is 0 Å². The predicted molar refractivity (Wildman–Crippen MR) is 106 cm³/mol. The molecule has 0 spiro atoms. The van der Waals surface area contributed by atoms with Gasteiger partial charge in [-0.15, -0.1) is 0 Å². The zero-order valence-corrected chi connectivity index (χ0v) is 16.9. The van der Waals surface area contributed by atoms with Gasteiger partial charge in [-0.05, 0) is 31.9 Å². The van der Waals surface area contributed by atoms with Gasteiger partial charge in [-0.25, -0.2) is 0 Å². The van der Waals surface area contributed by atoms with Crippen LogP contribution in [0.1, 0.15) is 44.1 Å². The standard InChI is InChI=1S/C20H29N5O3/c1-14-11-17(24-9-7-23(8-10-24)16(3)27)12-18(22-14)19-5-4-6-25(19)20(28)13-21-15(2)26/h11-12,19H,4-10,13H2,1-3H3,(H,21,26)/t19-/m1/s1. The van der Waals surface area contributed by atoms with Gasteiger partial charge in [0.2, 0.25) is 17.7 Å². The summed E-state index contributed by atoms with van der Waals surface area (Å²) in [5, 5.41) is 2.59. The number of nitrogens with zero attached hydrogens (tertiary/aromatic N) is 4. The Balaban J connectivity index is 1.74. The SMILES string of the molecule is CC(=O)NCC(=O)N1CCC[C@@H]1c1cc(N2CCN(C(C)=O)CC2)cc(C)n1. The molecule has 3 rings (SSSR count). The zero-order chi connectivity index (χ0) is 20.3. The first-order valence-corrected chi connectivity index (χ1v) is 9.88. The summed E-state index contributed by atoms with van der Waals surface area (Å²) in [5.74, 6) is -0.159. The Kier molecular flexibility index (Phi) is 6.16. The molecule has 0 bridgehead atoms. The average molecular weight is 387 g/mol. The molecule has 0 aliphatic carbocycles. The van der Waals surface area contributed by atoms with E-state index in [2.05, 4.69) is 22.3 Å². The molecule has 8 nitrogen and oxygen atoms in total. The molecule has 1 N–H and O–H groups in total. The maximum atomic E-state index is 12.5. The molecule has 1 atom stereocenters. The molecule has 1 aromatic rings. The Morgan fingerprint density at radius 1 is 1.11 bits per heavy atom. The summed E-state index contributed by atoms with van der Waals surface area (Å²) in [6.45, 7) is 8.72. The van der Waals surface area contributed by atoms with Gasteiger partial charge in [0, 0.05) is 58.0 Å². The van der Waals surface area contributed by atoms with E-state index in [1.807, 2.05) is 16.7 Å². The van der Waals surface area contributed by atoms with Gasteiger partial charge in [-0.1, -0.05) is 0 Å². The van der Waals surface area contributed by atoms with Crippen molar-refractivity contribution in [3.8, 4) is 0 Å². The molecular weight excluding hydrogens is 358 g/mol. The molecule has 152 valence electrons. The smallest absolute Gasteiger partial charge is 0.242 e. The molecule has 3 heterocycles. The molecular formula is C20H29N5O3. The lowest BCUT2D eigenvalue weighted by atomic mass is 10.1. The maximum absolute atomic E-state index is 12.5. The van der Waals surface area contributed by atoms with Crippen LogP contribution in [0.25, 0.3) is 0 Å². The highest BCUT2D eigenvalue weighted by atomic mass is 16.2. The number of nitrogens with one attached hydrogen (secondary N) is 1. The first-order valence-electron chi connectivity index (χ1n) is 9.88. The molecule has 28 heavy (non-hydrogen) atoms. The van der Waals surface area contributed by atoms with E-state index in [1.54, 1.807) is 6.92 Å². The Labute approximate surface area is 165 Å². The van der Waals surface area contributed by atoms with Crippen LogP contribution in [-0.4, -0.2) is 71.8 Å². The van der Waals surface area contributed by atoms with Gasteiger partial charge in [-0.2, -0.15) is 0 Å². The molecule has 2 saturated heterocycles. The number of amides is 3. The number of rotatable bonds is 4. The molecule has 8 heteroatoms. The van der Waals surface area contributed by atoms with E-state index in [0.717, 1.165) is 56.1 Å². The van der Waals surface area contributed by atoms with Crippen molar-refractivity contribution in [2.24, 2.45) is 0 Å². The zero-order valence-electron chi connectivity index (χ0n) is 16.9. The van der Waals surface area contributed by atoms with Crippen LogP contribution in [0.4, 0.5) is 5.69 Å². The van der Waals surface area contributed by atoms with E-state index < -0.39 is 0 Å². The van der Waals surface area contributed by atoms with Gasteiger partial charge >= 0.3 is 0 Å². The van der Waals surface area contributed by atoms with Crippen LogP contribution in [0.5, 0.6) is 0 Å². The summed E-state index contributed by atoms with van der Waals surface area (Å²) in [5.41, 5.74) is 2.91. The van der Waals surface area contributed by atoms with Crippen LogP contribution in [-0.2, 0) is 14.4 Å². The quantitative estimate of drug-likeness (QED) is 0.828. The number of likely N-dealkylation sites (tertiary alicyclic amines) is 1. The lowest BCUT2D eigenvalue weighted by Gasteiger charge is -2.36. The van der Waals surface area contributed by atoms with Gasteiger partial charge in [0.25, 0.3) is 0 Å². The molecule has 0 unspecified atom stereocenters. The van der Waals surface area contributed by atoms with Crippen molar-refractivity contribution in [3.05, 3.63) is 23.5 Å². The Hall–Kier alpha value is -2.64. The number of aryl methyl sites for hydroxylation is 1.